The first kappa shape index (κ1) is 25.6. The van der Waals surface area contributed by atoms with Crippen LogP contribution >= 0.6 is 11.8 Å². The Morgan fingerprint density at radius 1 is 0.912 bits per heavy atom. The number of amides is 2. The van der Waals surface area contributed by atoms with Crippen molar-refractivity contribution in [1.82, 2.24) is 10.2 Å². The fourth-order valence-electron chi connectivity index (χ4n) is 3.78. The molecule has 34 heavy (non-hydrogen) atoms. The number of unbranched alkanes of at least 4 members (excludes halogenated alkanes) is 1. The molecule has 5 heteroatoms. The quantitative estimate of drug-likeness (QED) is 0.273. The summed E-state index contributed by atoms with van der Waals surface area (Å²) in [6.45, 7) is 5.16. The Kier molecular flexibility index (Phi) is 10.2. The standard InChI is InChI=1S/C29H34N2O2S/c1-3-4-19-30-29(33)27(20-24-14-7-5-8-15-24)31(21-25-16-12-11-13-23(25)2)28(32)22-34-26-17-9-6-10-18-26/h5-18,27H,3-4,19-22H2,1-2H3,(H,30,33)/t27-/m0/s1. The molecule has 0 radical (unpaired) electrons. The lowest BCUT2D eigenvalue weighted by Gasteiger charge is -2.32. The normalized spacial score (nSPS) is 11.6. The van der Waals surface area contributed by atoms with Crippen molar-refractivity contribution in [2.75, 3.05) is 12.3 Å². The lowest BCUT2D eigenvalue weighted by Crippen LogP contribution is -2.51. The third-order valence-corrected chi connectivity index (χ3v) is 6.80. The number of carbonyl (C=O) groups is 2. The highest BCUT2D eigenvalue weighted by atomic mass is 32.2. The van der Waals surface area contributed by atoms with E-state index in [9.17, 15) is 9.59 Å². The van der Waals surface area contributed by atoms with Crippen molar-refractivity contribution in [1.29, 1.82) is 0 Å². The first-order valence-corrected chi connectivity index (χ1v) is 12.9. The van der Waals surface area contributed by atoms with Gasteiger partial charge in [0.15, 0.2) is 0 Å². The maximum atomic E-state index is 13.6. The van der Waals surface area contributed by atoms with Crippen molar-refractivity contribution in [2.45, 2.75) is 50.6 Å². The van der Waals surface area contributed by atoms with Crippen molar-refractivity contribution < 1.29 is 9.59 Å². The Bertz CT molecular complexity index is 1040. The molecule has 0 unspecified atom stereocenters. The maximum absolute atomic E-state index is 13.6. The van der Waals surface area contributed by atoms with Crippen LogP contribution in [-0.4, -0.2) is 35.1 Å². The third-order valence-electron chi connectivity index (χ3n) is 5.81. The molecular weight excluding hydrogens is 440 g/mol. The summed E-state index contributed by atoms with van der Waals surface area (Å²) in [6, 6.07) is 27.3. The van der Waals surface area contributed by atoms with E-state index in [4.69, 9.17) is 0 Å². The van der Waals surface area contributed by atoms with Crippen molar-refractivity contribution in [2.24, 2.45) is 0 Å². The van der Waals surface area contributed by atoms with Gasteiger partial charge in [-0.05, 0) is 42.2 Å². The van der Waals surface area contributed by atoms with Crippen molar-refractivity contribution in [3.8, 4) is 0 Å². The largest absolute Gasteiger partial charge is 0.354 e. The molecule has 2 amide bonds. The van der Waals surface area contributed by atoms with Crippen LogP contribution in [0.2, 0.25) is 0 Å². The molecule has 0 spiro atoms. The maximum Gasteiger partial charge on any atom is 0.243 e. The van der Waals surface area contributed by atoms with E-state index in [-0.39, 0.29) is 17.6 Å². The highest BCUT2D eigenvalue weighted by Crippen LogP contribution is 2.21. The summed E-state index contributed by atoms with van der Waals surface area (Å²) in [5.74, 6) is 0.149. The van der Waals surface area contributed by atoms with Gasteiger partial charge in [-0.25, -0.2) is 0 Å². The first-order chi connectivity index (χ1) is 16.6. The predicted molar refractivity (Wildman–Crippen MR) is 141 cm³/mol. The zero-order chi connectivity index (χ0) is 24.2. The van der Waals surface area contributed by atoms with Crippen LogP contribution in [0.1, 0.15) is 36.5 Å². The molecule has 0 aromatic heterocycles. The molecule has 3 rings (SSSR count). The molecule has 1 atom stereocenters. The van der Waals surface area contributed by atoms with Gasteiger partial charge in [-0.15, -0.1) is 11.8 Å². The number of hydrogen-bond acceptors (Lipinski definition) is 3. The minimum atomic E-state index is -0.581. The van der Waals surface area contributed by atoms with Crippen molar-refractivity contribution >= 4 is 23.6 Å². The number of rotatable bonds is 12. The molecule has 1 N–H and O–H groups in total. The van der Waals surface area contributed by atoms with Crippen LogP contribution in [0, 0.1) is 6.92 Å². The summed E-state index contributed by atoms with van der Waals surface area (Å²) in [5.41, 5.74) is 3.21. The molecular formula is C29H34N2O2S. The number of benzene rings is 3. The van der Waals surface area contributed by atoms with E-state index >= 15 is 0 Å². The fraction of sp³-hybridized carbons (Fsp3) is 0.310. The number of aryl methyl sites for hydroxylation is 1. The summed E-state index contributed by atoms with van der Waals surface area (Å²) in [4.78, 5) is 29.8. The minimum absolute atomic E-state index is 0.0383. The lowest BCUT2D eigenvalue weighted by atomic mass is 10.0. The molecule has 3 aromatic rings. The van der Waals surface area contributed by atoms with Gasteiger partial charge in [0.2, 0.25) is 11.8 Å². The molecule has 0 aliphatic heterocycles. The second kappa shape index (κ2) is 13.6. The molecule has 4 nitrogen and oxygen atoms in total. The molecule has 0 aliphatic carbocycles. The van der Waals surface area contributed by atoms with E-state index in [1.54, 1.807) is 4.90 Å². The number of thioether (sulfide) groups is 1. The van der Waals surface area contributed by atoms with Crippen LogP contribution in [0.4, 0.5) is 0 Å². The summed E-state index contributed by atoms with van der Waals surface area (Å²) < 4.78 is 0. The second-order valence-electron chi connectivity index (χ2n) is 8.40. The van der Waals surface area contributed by atoms with E-state index in [2.05, 4.69) is 12.2 Å². The van der Waals surface area contributed by atoms with Crippen molar-refractivity contribution in [3.63, 3.8) is 0 Å². The fourth-order valence-corrected chi connectivity index (χ4v) is 4.58. The van der Waals surface area contributed by atoms with Gasteiger partial charge in [0.25, 0.3) is 0 Å². The lowest BCUT2D eigenvalue weighted by molar-refractivity contribution is -0.139. The number of hydrogen-bond donors (Lipinski definition) is 1. The Hall–Kier alpha value is -3.05. The molecule has 0 bridgehead atoms. The first-order valence-electron chi connectivity index (χ1n) is 11.9. The van der Waals surface area contributed by atoms with E-state index in [0.717, 1.165) is 34.4 Å². The summed E-state index contributed by atoms with van der Waals surface area (Å²) in [5, 5.41) is 3.07. The Morgan fingerprint density at radius 2 is 1.56 bits per heavy atom. The topological polar surface area (TPSA) is 49.4 Å². The summed E-state index contributed by atoms with van der Waals surface area (Å²) in [7, 11) is 0. The molecule has 0 heterocycles. The highest BCUT2D eigenvalue weighted by molar-refractivity contribution is 8.00. The summed E-state index contributed by atoms with van der Waals surface area (Å²) >= 11 is 1.51. The Labute approximate surface area is 207 Å². The smallest absolute Gasteiger partial charge is 0.243 e. The Balaban J connectivity index is 1.89. The highest BCUT2D eigenvalue weighted by Gasteiger charge is 2.30. The van der Waals surface area contributed by atoms with Crippen LogP contribution < -0.4 is 5.32 Å². The number of carbonyl (C=O) groups excluding carboxylic acids is 2. The average Bonchev–Trinajstić information content (AvgIpc) is 2.87. The van der Waals surface area contributed by atoms with E-state index < -0.39 is 6.04 Å². The van der Waals surface area contributed by atoms with Crippen LogP contribution in [0.3, 0.4) is 0 Å². The van der Waals surface area contributed by atoms with Gasteiger partial charge in [0.1, 0.15) is 6.04 Å². The van der Waals surface area contributed by atoms with Gasteiger partial charge in [-0.2, -0.15) is 0 Å². The SMILES string of the molecule is CCCCNC(=O)[C@H](Cc1ccccc1)N(Cc1ccccc1C)C(=O)CSc1ccccc1. The molecule has 0 saturated carbocycles. The van der Waals surface area contributed by atoms with Gasteiger partial charge >= 0.3 is 0 Å². The third kappa shape index (κ3) is 7.77. The second-order valence-corrected chi connectivity index (χ2v) is 9.45. The van der Waals surface area contributed by atoms with Crippen LogP contribution in [0.15, 0.2) is 89.8 Å². The molecule has 0 aliphatic rings. The van der Waals surface area contributed by atoms with Gasteiger partial charge in [0, 0.05) is 24.4 Å². The van der Waals surface area contributed by atoms with Crippen LogP contribution in [0.5, 0.6) is 0 Å². The molecule has 0 fully saturated rings. The van der Waals surface area contributed by atoms with E-state index in [1.165, 1.54) is 11.8 Å². The predicted octanol–water partition coefficient (Wildman–Crippen LogP) is 5.64. The van der Waals surface area contributed by atoms with E-state index in [1.807, 2.05) is 91.9 Å². The van der Waals surface area contributed by atoms with Crippen LogP contribution in [0.25, 0.3) is 0 Å². The number of nitrogens with one attached hydrogen (secondary N) is 1. The zero-order valence-electron chi connectivity index (χ0n) is 20.1. The van der Waals surface area contributed by atoms with E-state index in [0.29, 0.717) is 19.5 Å². The zero-order valence-corrected chi connectivity index (χ0v) is 20.9. The molecule has 3 aromatic carbocycles. The average molecular weight is 475 g/mol. The molecule has 178 valence electrons. The monoisotopic (exact) mass is 474 g/mol. The Morgan fingerprint density at radius 3 is 2.24 bits per heavy atom. The van der Waals surface area contributed by atoms with Gasteiger partial charge in [0.05, 0.1) is 5.75 Å². The molecule has 0 saturated heterocycles. The van der Waals surface area contributed by atoms with Gasteiger partial charge in [-0.1, -0.05) is 86.1 Å². The van der Waals surface area contributed by atoms with Gasteiger partial charge in [-0.3, -0.25) is 9.59 Å². The summed E-state index contributed by atoms with van der Waals surface area (Å²) in [6.07, 6.45) is 2.40. The van der Waals surface area contributed by atoms with Gasteiger partial charge < -0.3 is 10.2 Å². The van der Waals surface area contributed by atoms with Crippen molar-refractivity contribution in [3.05, 3.63) is 102 Å². The minimum Gasteiger partial charge on any atom is -0.354 e. The number of nitrogens with zero attached hydrogens (tertiary/aromatic N) is 1. The van der Waals surface area contributed by atoms with Crippen LogP contribution in [-0.2, 0) is 22.6 Å².